The van der Waals surface area contributed by atoms with Gasteiger partial charge >= 0.3 is 0 Å². The first-order valence-corrected chi connectivity index (χ1v) is 11.8. The lowest BCUT2D eigenvalue weighted by Gasteiger charge is -2.30. The molecule has 2 unspecified atom stereocenters. The average molecular weight is 437 g/mol. The number of β-amino-alcohol motifs (C(OH)–C–C–N with tert-alkyl or cyclic N) is 1. The molecule has 3 N–H and O–H groups in total. The number of nitrogens with zero attached hydrogens (tertiary/aromatic N) is 2. The van der Waals surface area contributed by atoms with Crippen molar-refractivity contribution in [1.29, 1.82) is 0 Å². The highest BCUT2D eigenvalue weighted by atomic mass is 16.3. The number of benzene rings is 2. The Kier molecular flexibility index (Phi) is 7.45. The molecule has 32 heavy (non-hydrogen) atoms. The maximum Gasteiger partial charge on any atom is 0.251 e. The predicted octanol–water partition coefficient (Wildman–Crippen LogP) is 2.73. The van der Waals surface area contributed by atoms with Gasteiger partial charge in [0.05, 0.1) is 6.10 Å². The summed E-state index contributed by atoms with van der Waals surface area (Å²) in [5.74, 6) is -0.146. The van der Waals surface area contributed by atoms with Crippen molar-refractivity contribution < 1.29 is 9.90 Å². The molecule has 0 bridgehead atoms. The van der Waals surface area contributed by atoms with Crippen molar-refractivity contribution in [3.05, 3.63) is 65.2 Å². The average Bonchev–Trinajstić information content (AvgIpc) is 3.26. The number of fused-ring (bicyclic) bond motifs is 1. The predicted molar refractivity (Wildman–Crippen MR) is 129 cm³/mol. The molecular formula is C26H36N4O2. The van der Waals surface area contributed by atoms with E-state index in [0.29, 0.717) is 24.2 Å². The molecule has 4 rings (SSSR count). The molecule has 0 aliphatic carbocycles. The van der Waals surface area contributed by atoms with Crippen LogP contribution in [0, 0.1) is 0 Å². The third kappa shape index (κ3) is 5.88. The molecule has 1 saturated heterocycles. The Labute approximate surface area is 191 Å². The molecule has 2 heterocycles. The first-order valence-electron chi connectivity index (χ1n) is 11.8. The number of nitrogens with one attached hydrogen (secondary N) is 2. The van der Waals surface area contributed by atoms with Crippen LogP contribution >= 0.6 is 0 Å². The summed E-state index contributed by atoms with van der Waals surface area (Å²) < 4.78 is 0. The fraction of sp³-hybridized carbons (Fsp3) is 0.500. The molecule has 2 aromatic rings. The van der Waals surface area contributed by atoms with Crippen LogP contribution in [0.3, 0.4) is 0 Å². The van der Waals surface area contributed by atoms with Crippen LogP contribution in [0.25, 0.3) is 0 Å². The van der Waals surface area contributed by atoms with E-state index in [0.717, 1.165) is 44.7 Å². The van der Waals surface area contributed by atoms with Crippen molar-refractivity contribution in [3.63, 3.8) is 0 Å². The van der Waals surface area contributed by atoms with E-state index in [1.54, 1.807) is 0 Å². The molecule has 172 valence electrons. The van der Waals surface area contributed by atoms with Gasteiger partial charge in [0.1, 0.15) is 0 Å². The fourth-order valence-electron chi connectivity index (χ4n) is 4.75. The minimum atomic E-state index is -0.592. The van der Waals surface area contributed by atoms with E-state index in [1.807, 2.05) is 24.3 Å². The van der Waals surface area contributed by atoms with Crippen LogP contribution in [0.1, 0.15) is 41.8 Å². The first kappa shape index (κ1) is 22.8. The molecule has 0 aromatic heterocycles. The molecule has 6 nitrogen and oxygen atoms in total. The van der Waals surface area contributed by atoms with E-state index in [1.165, 1.54) is 11.1 Å². The largest absolute Gasteiger partial charge is 0.390 e. The van der Waals surface area contributed by atoms with Crippen molar-refractivity contribution in [1.82, 2.24) is 15.1 Å². The van der Waals surface area contributed by atoms with Crippen LogP contribution in [-0.2, 0) is 13.0 Å². The molecule has 0 spiro atoms. The Morgan fingerprint density at radius 3 is 2.72 bits per heavy atom. The normalized spacial score (nSPS) is 20.2. The molecule has 0 radical (unpaired) electrons. The van der Waals surface area contributed by atoms with Crippen LogP contribution in [0.2, 0.25) is 0 Å². The highest BCUT2D eigenvalue weighted by Crippen LogP contribution is 2.20. The molecule has 2 aliphatic rings. The van der Waals surface area contributed by atoms with Gasteiger partial charge in [0.25, 0.3) is 5.91 Å². The van der Waals surface area contributed by atoms with Crippen molar-refractivity contribution in [2.45, 2.75) is 51.4 Å². The van der Waals surface area contributed by atoms with Crippen molar-refractivity contribution in [2.24, 2.45) is 0 Å². The van der Waals surface area contributed by atoms with E-state index in [2.05, 4.69) is 58.5 Å². The van der Waals surface area contributed by atoms with Gasteiger partial charge in [-0.1, -0.05) is 30.3 Å². The number of hydrogen-bond donors (Lipinski definition) is 3. The third-order valence-corrected chi connectivity index (χ3v) is 6.62. The van der Waals surface area contributed by atoms with Gasteiger partial charge in [0.15, 0.2) is 0 Å². The van der Waals surface area contributed by atoms with Gasteiger partial charge < -0.3 is 15.7 Å². The number of carbonyl (C=O) groups excluding carboxylic acids is 1. The first-order chi connectivity index (χ1) is 15.5. The van der Waals surface area contributed by atoms with Gasteiger partial charge in [-0.3, -0.25) is 14.6 Å². The summed E-state index contributed by atoms with van der Waals surface area (Å²) in [6.45, 7) is 9.19. The second kappa shape index (κ2) is 10.5. The van der Waals surface area contributed by atoms with E-state index in [9.17, 15) is 9.90 Å². The lowest BCUT2D eigenvalue weighted by atomic mass is 10.00. The molecular weight excluding hydrogens is 400 g/mol. The highest BCUT2D eigenvalue weighted by molar-refractivity contribution is 5.95. The second-order valence-electron chi connectivity index (χ2n) is 9.42. The van der Waals surface area contributed by atoms with Gasteiger partial charge in [-0.05, 0) is 56.0 Å². The number of hydrogen-bond acceptors (Lipinski definition) is 5. The molecule has 2 aromatic carbocycles. The smallest absolute Gasteiger partial charge is 0.251 e. The fourth-order valence-corrected chi connectivity index (χ4v) is 4.75. The third-order valence-electron chi connectivity index (χ3n) is 6.62. The summed E-state index contributed by atoms with van der Waals surface area (Å²) in [6.07, 6.45) is 1.53. The van der Waals surface area contributed by atoms with Crippen molar-refractivity contribution >= 4 is 11.6 Å². The monoisotopic (exact) mass is 436 g/mol. The topological polar surface area (TPSA) is 67.8 Å². The maximum absolute atomic E-state index is 12.7. The van der Waals surface area contributed by atoms with Crippen LogP contribution in [0.15, 0.2) is 48.5 Å². The van der Waals surface area contributed by atoms with E-state index < -0.39 is 6.10 Å². The Hall–Kier alpha value is -2.41. The lowest BCUT2D eigenvalue weighted by Crippen LogP contribution is -2.42. The number of carbonyl (C=O) groups is 1. The van der Waals surface area contributed by atoms with Crippen LogP contribution < -0.4 is 10.6 Å². The summed E-state index contributed by atoms with van der Waals surface area (Å²) in [5.41, 5.74) is 4.32. The summed E-state index contributed by atoms with van der Waals surface area (Å²) in [7, 11) is 0. The Bertz CT molecular complexity index is 916. The van der Waals surface area contributed by atoms with Gasteiger partial charge in [-0.15, -0.1) is 0 Å². The summed E-state index contributed by atoms with van der Waals surface area (Å²) in [4.78, 5) is 17.4. The van der Waals surface area contributed by atoms with Crippen molar-refractivity contribution in [3.8, 4) is 0 Å². The van der Waals surface area contributed by atoms with E-state index in [-0.39, 0.29) is 12.5 Å². The van der Waals surface area contributed by atoms with E-state index >= 15 is 0 Å². The quantitative estimate of drug-likeness (QED) is 0.594. The Morgan fingerprint density at radius 1 is 1.12 bits per heavy atom. The molecule has 2 aliphatic heterocycles. The number of amides is 1. The Morgan fingerprint density at radius 2 is 1.94 bits per heavy atom. The molecule has 6 heteroatoms. The maximum atomic E-state index is 12.7. The standard InChI is InChI=1S/C26H36N4O2/c1-19(2)30-13-11-24(17-30)28-23-9-5-8-21(14-23)26(32)27-15-25(31)18-29-12-10-20-6-3-4-7-22(20)16-29/h3-9,14,19,24-25,28,31H,10-13,15-18H2,1-2H3,(H,27,32). The summed E-state index contributed by atoms with van der Waals surface area (Å²) in [6, 6.07) is 17.1. The number of aliphatic hydroxyl groups excluding tert-OH is 1. The van der Waals surface area contributed by atoms with Gasteiger partial charge in [0.2, 0.25) is 0 Å². The zero-order valence-corrected chi connectivity index (χ0v) is 19.3. The minimum absolute atomic E-state index is 0.146. The van der Waals surface area contributed by atoms with E-state index in [4.69, 9.17) is 0 Å². The SMILES string of the molecule is CC(C)N1CCC(Nc2cccc(C(=O)NCC(O)CN3CCc4ccccc4C3)c2)C1. The molecule has 1 fully saturated rings. The highest BCUT2D eigenvalue weighted by Gasteiger charge is 2.24. The van der Waals surface area contributed by atoms with Crippen LogP contribution in [-0.4, -0.2) is 71.7 Å². The van der Waals surface area contributed by atoms with Gasteiger partial charge in [-0.25, -0.2) is 0 Å². The zero-order chi connectivity index (χ0) is 22.5. The number of likely N-dealkylation sites (tertiary alicyclic amines) is 1. The Balaban J connectivity index is 1.24. The van der Waals surface area contributed by atoms with Gasteiger partial charge in [-0.2, -0.15) is 0 Å². The minimum Gasteiger partial charge on any atom is -0.390 e. The zero-order valence-electron chi connectivity index (χ0n) is 19.3. The second-order valence-corrected chi connectivity index (χ2v) is 9.42. The summed E-state index contributed by atoms with van der Waals surface area (Å²) in [5, 5.41) is 17.0. The molecule has 2 atom stereocenters. The number of aliphatic hydroxyl groups is 1. The number of rotatable bonds is 8. The van der Waals surface area contributed by atoms with Crippen LogP contribution in [0.4, 0.5) is 5.69 Å². The lowest BCUT2D eigenvalue weighted by molar-refractivity contribution is 0.0842. The van der Waals surface area contributed by atoms with Crippen molar-refractivity contribution in [2.75, 3.05) is 38.0 Å². The molecule has 1 amide bonds. The molecule has 0 saturated carbocycles. The van der Waals surface area contributed by atoms with Gasteiger partial charge in [0, 0.05) is 62.6 Å². The number of anilines is 1. The van der Waals surface area contributed by atoms with Crippen LogP contribution in [0.5, 0.6) is 0 Å². The summed E-state index contributed by atoms with van der Waals surface area (Å²) >= 11 is 0.